The van der Waals surface area contributed by atoms with E-state index in [0.29, 0.717) is 18.7 Å². The fourth-order valence-electron chi connectivity index (χ4n) is 1.30. The van der Waals surface area contributed by atoms with Crippen LogP contribution in [0.15, 0.2) is 24.3 Å². The van der Waals surface area contributed by atoms with Gasteiger partial charge in [0.05, 0.1) is 12.4 Å². The Morgan fingerprint density at radius 3 is 2.47 bits per heavy atom. The van der Waals surface area contributed by atoms with Gasteiger partial charge in [-0.25, -0.2) is 8.42 Å². The molecule has 0 bridgehead atoms. The number of methoxy groups -OCH3 is 1. The minimum Gasteiger partial charge on any atom is -0.392 e. The van der Waals surface area contributed by atoms with Crippen molar-refractivity contribution in [1.29, 1.82) is 0 Å². The van der Waals surface area contributed by atoms with Gasteiger partial charge in [-0.05, 0) is 24.1 Å². The molecule has 0 amide bonds. The van der Waals surface area contributed by atoms with Crippen molar-refractivity contribution in [2.45, 2.75) is 13.0 Å². The summed E-state index contributed by atoms with van der Waals surface area (Å²) in [7, 11) is -1.78. The zero-order chi connectivity index (χ0) is 12.7. The van der Waals surface area contributed by atoms with Crippen LogP contribution in [0, 0.1) is 0 Å². The van der Waals surface area contributed by atoms with E-state index in [2.05, 4.69) is 4.72 Å². The Labute approximate surface area is 101 Å². The third-order valence-corrected chi connectivity index (χ3v) is 3.54. The number of rotatable bonds is 7. The third kappa shape index (κ3) is 5.16. The maximum absolute atomic E-state index is 11.6. The normalized spacial score (nSPS) is 11.4. The highest BCUT2D eigenvalue weighted by Gasteiger charge is 2.09. The standard InChI is InChI=1S/C11H17NO4S/c1-16-7-2-8-17(14,15)12-11-5-3-10(9-13)4-6-11/h3-6,12-13H,2,7-9H2,1H3. The molecule has 0 spiro atoms. The molecule has 0 aliphatic rings. The van der Waals surface area contributed by atoms with Crippen LogP contribution in [-0.2, 0) is 21.4 Å². The molecule has 1 rings (SSSR count). The molecule has 0 aromatic heterocycles. The summed E-state index contributed by atoms with van der Waals surface area (Å²) in [5, 5.41) is 8.85. The van der Waals surface area contributed by atoms with Gasteiger partial charge in [-0.3, -0.25) is 4.72 Å². The first-order valence-electron chi connectivity index (χ1n) is 5.26. The molecule has 17 heavy (non-hydrogen) atoms. The Kier molecular flexibility index (Phi) is 5.40. The van der Waals surface area contributed by atoms with E-state index < -0.39 is 10.0 Å². The molecule has 0 fully saturated rings. The van der Waals surface area contributed by atoms with Crippen molar-refractivity contribution >= 4 is 15.7 Å². The fraction of sp³-hybridized carbons (Fsp3) is 0.455. The second-order valence-electron chi connectivity index (χ2n) is 3.62. The van der Waals surface area contributed by atoms with Gasteiger partial charge in [0.25, 0.3) is 0 Å². The zero-order valence-corrected chi connectivity index (χ0v) is 10.5. The average Bonchev–Trinajstić information content (AvgIpc) is 2.30. The number of ether oxygens (including phenoxy) is 1. The van der Waals surface area contributed by atoms with Gasteiger partial charge in [-0.15, -0.1) is 0 Å². The smallest absolute Gasteiger partial charge is 0.232 e. The van der Waals surface area contributed by atoms with Crippen LogP contribution in [0.4, 0.5) is 5.69 Å². The number of hydrogen-bond donors (Lipinski definition) is 2. The van der Waals surface area contributed by atoms with Crippen molar-refractivity contribution in [3.05, 3.63) is 29.8 Å². The highest BCUT2D eigenvalue weighted by Crippen LogP contribution is 2.11. The van der Waals surface area contributed by atoms with Crippen molar-refractivity contribution in [3.63, 3.8) is 0 Å². The predicted octanol–water partition coefficient (Wildman–Crippen LogP) is 0.957. The van der Waals surface area contributed by atoms with Crippen LogP contribution < -0.4 is 4.72 Å². The minimum atomic E-state index is -3.32. The van der Waals surface area contributed by atoms with E-state index in [1.54, 1.807) is 24.3 Å². The highest BCUT2D eigenvalue weighted by atomic mass is 32.2. The maximum Gasteiger partial charge on any atom is 0.232 e. The monoisotopic (exact) mass is 259 g/mol. The van der Waals surface area contributed by atoms with Crippen molar-refractivity contribution in [2.24, 2.45) is 0 Å². The number of sulfonamides is 1. The van der Waals surface area contributed by atoms with Gasteiger partial charge in [0.15, 0.2) is 0 Å². The van der Waals surface area contributed by atoms with E-state index in [9.17, 15) is 8.42 Å². The van der Waals surface area contributed by atoms with Gasteiger partial charge >= 0.3 is 0 Å². The maximum atomic E-state index is 11.6. The minimum absolute atomic E-state index is 0.0303. The van der Waals surface area contributed by atoms with Gasteiger partial charge in [-0.2, -0.15) is 0 Å². The van der Waals surface area contributed by atoms with Crippen molar-refractivity contribution < 1.29 is 18.3 Å². The van der Waals surface area contributed by atoms with Gasteiger partial charge in [0, 0.05) is 19.4 Å². The fourth-order valence-corrected chi connectivity index (χ4v) is 2.40. The lowest BCUT2D eigenvalue weighted by atomic mass is 10.2. The summed E-state index contributed by atoms with van der Waals surface area (Å²) in [6, 6.07) is 6.60. The van der Waals surface area contributed by atoms with Gasteiger partial charge in [0.1, 0.15) is 0 Å². The van der Waals surface area contributed by atoms with E-state index in [0.717, 1.165) is 5.56 Å². The lowest BCUT2D eigenvalue weighted by Gasteiger charge is -2.08. The zero-order valence-electron chi connectivity index (χ0n) is 9.72. The first-order chi connectivity index (χ1) is 8.07. The van der Waals surface area contributed by atoms with E-state index in [-0.39, 0.29) is 12.4 Å². The van der Waals surface area contributed by atoms with Crippen LogP contribution in [0.5, 0.6) is 0 Å². The number of anilines is 1. The summed E-state index contributed by atoms with van der Waals surface area (Å²) < 4.78 is 30.5. The molecule has 2 N–H and O–H groups in total. The molecule has 96 valence electrons. The number of hydrogen-bond acceptors (Lipinski definition) is 4. The number of nitrogens with one attached hydrogen (secondary N) is 1. The topological polar surface area (TPSA) is 75.6 Å². The van der Waals surface area contributed by atoms with Crippen LogP contribution in [0.3, 0.4) is 0 Å². The molecule has 0 unspecified atom stereocenters. The Hall–Kier alpha value is -1.11. The van der Waals surface area contributed by atoms with Crippen molar-refractivity contribution in [3.8, 4) is 0 Å². The molecule has 0 aliphatic heterocycles. The highest BCUT2D eigenvalue weighted by molar-refractivity contribution is 7.92. The Balaban J connectivity index is 2.56. The number of aliphatic hydroxyl groups is 1. The van der Waals surface area contributed by atoms with Crippen LogP contribution in [-0.4, -0.2) is 33.0 Å². The Bertz CT molecular complexity index is 427. The summed E-state index contributed by atoms with van der Waals surface area (Å²) in [6.45, 7) is 0.366. The SMILES string of the molecule is COCCCS(=O)(=O)Nc1ccc(CO)cc1. The van der Waals surface area contributed by atoms with Crippen molar-refractivity contribution in [1.82, 2.24) is 0 Å². The van der Waals surface area contributed by atoms with Crippen molar-refractivity contribution in [2.75, 3.05) is 24.2 Å². The van der Waals surface area contributed by atoms with Crippen LogP contribution in [0.25, 0.3) is 0 Å². The predicted molar refractivity (Wildman–Crippen MR) is 66.3 cm³/mol. The van der Waals surface area contributed by atoms with Gasteiger partial charge in [0.2, 0.25) is 10.0 Å². The van der Waals surface area contributed by atoms with E-state index in [4.69, 9.17) is 9.84 Å². The molecule has 0 heterocycles. The lowest BCUT2D eigenvalue weighted by molar-refractivity contribution is 0.199. The molecule has 1 aromatic carbocycles. The molecule has 0 aliphatic carbocycles. The third-order valence-electron chi connectivity index (χ3n) is 2.17. The Morgan fingerprint density at radius 1 is 1.29 bits per heavy atom. The largest absolute Gasteiger partial charge is 0.392 e. The van der Waals surface area contributed by atoms with Gasteiger partial charge in [-0.1, -0.05) is 12.1 Å². The van der Waals surface area contributed by atoms with Gasteiger partial charge < -0.3 is 9.84 Å². The summed E-state index contributed by atoms with van der Waals surface area (Å²) in [4.78, 5) is 0. The van der Waals surface area contributed by atoms with Crippen LogP contribution in [0.2, 0.25) is 0 Å². The van der Waals surface area contributed by atoms with E-state index in [1.165, 1.54) is 7.11 Å². The summed E-state index contributed by atoms with van der Waals surface area (Å²) in [5.41, 5.74) is 1.24. The summed E-state index contributed by atoms with van der Waals surface area (Å²) >= 11 is 0. The van der Waals surface area contributed by atoms with E-state index >= 15 is 0 Å². The quantitative estimate of drug-likeness (QED) is 0.715. The molecule has 5 nitrogen and oxygen atoms in total. The Morgan fingerprint density at radius 2 is 1.94 bits per heavy atom. The molecule has 0 saturated heterocycles. The lowest BCUT2D eigenvalue weighted by Crippen LogP contribution is -2.17. The molecule has 0 radical (unpaired) electrons. The number of benzene rings is 1. The second kappa shape index (κ2) is 6.58. The molecular weight excluding hydrogens is 242 g/mol. The first-order valence-corrected chi connectivity index (χ1v) is 6.92. The summed E-state index contributed by atoms with van der Waals surface area (Å²) in [6.07, 6.45) is 0.459. The molecule has 0 saturated carbocycles. The molecular formula is C11H17NO4S. The molecule has 0 atom stereocenters. The molecule has 6 heteroatoms. The average molecular weight is 259 g/mol. The van der Waals surface area contributed by atoms with E-state index in [1.807, 2.05) is 0 Å². The summed E-state index contributed by atoms with van der Waals surface area (Å²) in [5.74, 6) is 0.0303. The first kappa shape index (κ1) is 14.0. The molecule has 1 aromatic rings. The number of aliphatic hydroxyl groups excluding tert-OH is 1. The van der Waals surface area contributed by atoms with Crippen LogP contribution >= 0.6 is 0 Å². The van der Waals surface area contributed by atoms with Crippen LogP contribution in [0.1, 0.15) is 12.0 Å². The second-order valence-corrected chi connectivity index (χ2v) is 5.46.